The van der Waals surface area contributed by atoms with Crippen molar-refractivity contribution in [2.45, 2.75) is 12.5 Å². The van der Waals surface area contributed by atoms with E-state index in [2.05, 4.69) is 25.1 Å². The van der Waals surface area contributed by atoms with Gasteiger partial charge in [-0.3, -0.25) is 4.98 Å². The van der Waals surface area contributed by atoms with Gasteiger partial charge in [0.05, 0.1) is 11.8 Å². The summed E-state index contributed by atoms with van der Waals surface area (Å²) in [7, 11) is 4.09. The predicted octanol–water partition coefficient (Wildman–Crippen LogP) is 2.15. The topological polar surface area (TPSA) is 90.3 Å². The Kier molecular flexibility index (Phi) is 6.15. The Bertz CT molecular complexity index is 963. The Labute approximate surface area is 176 Å². The molecule has 1 aliphatic rings. The first-order valence-corrected chi connectivity index (χ1v) is 10.2. The van der Waals surface area contributed by atoms with Crippen LogP contribution in [0, 0.1) is 0 Å². The van der Waals surface area contributed by atoms with Crippen LogP contribution in [0.25, 0.3) is 22.6 Å². The van der Waals surface area contributed by atoms with Crippen LogP contribution in [0.2, 0.25) is 0 Å². The van der Waals surface area contributed by atoms with Crippen LogP contribution >= 0.6 is 0 Å². The second-order valence-electron chi connectivity index (χ2n) is 7.73. The van der Waals surface area contributed by atoms with E-state index in [1.165, 1.54) is 0 Å². The molecule has 3 aromatic rings. The molecule has 8 nitrogen and oxygen atoms in total. The fourth-order valence-electron chi connectivity index (χ4n) is 3.38. The van der Waals surface area contributed by atoms with E-state index in [1.807, 2.05) is 50.6 Å². The number of aromatic nitrogens is 4. The SMILES string of the molecule is CN(C)CCNc1ccc(-c2cc(N3CC[C@H](O)C3)nc(-c3cccnc3)n2)cn1. The molecule has 0 aliphatic carbocycles. The van der Waals surface area contributed by atoms with Gasteiger partial charge in [0.2, 0.25) is 0 Å². The molecule has 0 saturated carbocycles. The van der Waals surface area contributed by atoms with Crippen LogP contribution in [0.3, 0.4) is 0 Å². The molecule has 3 aromatic heterocycles. The number of rotatable bonds is 7. The molecule has 156 valence electrons. The second kappa shape index (κ2) is 9.15. The van der Waals surface area contributed by atoms with Crippen LogP contribution in [-0.4, -0.2) is 76.3 Å². The molecule has 1 aliphatic heterocycles. The Morgan fingerprint density at radius 3 is 2.73 bits per heavy atom. The van der Waals surface area contributed by atoms with Crippen molar-refractivity contribution in [1.29, 1.82) is 0 Å². The van der Waals surface area contributed by atoms with Gasteiger partial charge in [-0.15, -0.1) is 0 Å². The number of hydrogen-bond donors (Lipinski definition) is 2. The van der Waals surface area contributed by atoms with Crippen LogP contribution in [0.5, 0.6) is 0 Å². The largest absolute Gasteiger partial charge is 0.391 e. The van der Waals surface area contributed by atoms with Gasteiger partial charge in [-0.25, -0.2) is 15.0 Å². The zero-order chi connectivity index (χ0) is 20.9. The van der Waals surface area contributed by atoms with E-state index in [4.69, 9.17) is 9.97 Å². The van der Waals surface area contributed by atoms with Crippen LogP contribution in [0.1, 0.15) is 6.42 Å². The fourth-order valence-corrected chi connectivity index (χ4v) is 3.38. The summed E-state index contributed by atoms with van der Waals surface area (Å²) >= 11 is 0. The third-order valence-corrected chi connectivity index (χ3v) is 5.04. The zero-order valence-electron chi connectivity index (χ0n) is 17.4. The number of hydrogen-bond acceptors (Lipinski definition) is 8. The van der Waals surface area contributed by atoms with Crippen molar-refractivity contribution >= 4 is 11.6 Å². The first-order chi connectivity index (χ1) is 14.6. The summed E-state index contributed by atoms with van der Waals surface area (Å²) in [5.74, 6) is 2.26. The van der Waals surface area contributed by atoms with Gasteiger partial charge in [0.1, 0.15) is 11.6 Å². The number of aliphatic hydroxyl groups excluding tert-OH is 1. The molecule has 8 heteroatoms. The normalized spacial score (nSPS) is 16.3. The smallest absolute Gasteiger partial charge is 0.163 e. The third-order valence-electron chi connectivity index (χ3n) is 5.04. The first-order valence-electron chi connectivity index (χ1n) is 10.2. The van der Waals surface area contributed by atoms with Gasteiger partial charge in [0.25, 0.3) is 0 Å². The van der Waals surface area contributed by atoms with Crippen LogP contribution in [0.4, 0.5) is 11.6 Å². The molecule has 2 N–H and O–H groups in total. The molecular weight excluding hydrogens is 378 g/mol. The Hall–Kier alpha value is -3.10. The molecule has 30 heavy (non-hydrogen) atoms. The predicted molar refractivity (Wildman–Crippen MR) is 118 cm³/mol. The lowest BCUT2D eigenvalue weighted by atomic mass is 10.2. The lowest BCUT2D eigenvalue weighted by molar-refractivity contribution is 0.198. The van der Waals surface area contributed by atoms with Gasteiger partial charge >= 0.3 is 0 Å². The molecule has 0 unspecified atom stereocenters. The minimum atomic E-state index is -0.320. The van der Waals surface area contributed by atoms with E-state index in [-0.39, 0.29) is 6.10 Å². The van der Waals surface area contributed by atoms with Crippen LogP contribution in [-0.2, 0) is 0 Å². The van der Waals surface area contributed by atoms with Gasteiger partial charge in [0, 0.05) is 62.0 Å². The summed E-state index contributed by atoms with van der Waals surface area (Å²) < 4.78 is 0. The number of aliphatic hydroxyl groups is 1. The molecule has 0 aromatic carbocycles. The molecule has 0 radical (unpaired) electrons. The van der Waals surface area contributed by atoms with Crippen molar-refractivity contribution in [3.8, 4) is 22.6 Å². The van der Waals surface area contributed by atoms with Crippen molar-refractivity contribution in [2.75, 3.05) is 50.5 Å². The van der Waals surface area contributed by atoms with Gasteiger partial charge in [-0.05, 0) is 44.8 Å². The van der Waals surface area contributed by atoms with Gasteiger partial charge < -0.3 is 20.2 Å². The average Bonchev–Trinajstić information content (AvgIpc) is 3.21. The molecule has 1 fully saturated rings. The molecule has 4 heterocycles. The summed E-state index contributed by atoms with van der Waals surface area (Å²) in [6, 6.07) is 9.78. The average molecular weight is 406 g/mol. The number of anilines is 2. The lowest BCUT2D eigenvalue weighted by Gasteiger charge is -2.18. The Morgan fingerprint density at radius 2 is 2.07 bits per heavy atom. The van der Waals surface area contributed by atoms with Gasteiger partial charge in [0.15, 0.2) is 5.82 Å². The standard InChI is InChI=1S/C22H27N7O/c1-28(2)11-9-24-20-6-5-16(14-25-20)19-12-21(29-10-7-18(30)15-29)27-22(26-19)17-4-3-8-23-13-17/h3-6,8,12-14,18,30H,7,9-11,15H2,1-2H3,(H,24,25)/t18-/m0/s1. The highest BCUT2D eigenvalue weighted by Gasteiger charge is 2.23. The first kappa shape index (κ1) is 20.2. The maximum atomic E-state index is 9.95. The summed E-state index contributed by atoms with van der Waals surface area (Å²) in [6.45, 7) is 3.13. The quantitative estimate of drug-likeness (QED) is 0.618. The zero-order valence-corrected chi connectivity index (χ0v) is 17.4. The molecule has 1 saturated heterocycles. The van der Waals surface area contributed by atoms with E-state index < -0.39 is 0 Å². The monoisotopic (exact) mass is 405 g/mol. The van der Waals surface area contributed by atoms with E-state index >= 15 is 0 Å². The molecule has 1 atom stereocenters. The third kappa shape index (κ3) is 4.90. The lowest BCUT2D eigenvalue weighted by Crippen LogP contribution is -2.22. The maximum Gasteiger partial charge on any atom is 0.163 e. The van der Waals surface area contributed by atoms with Crippen molar-refractivity contribution in [3.05, 3.63) is 48.9 Å². The second-order valence-corrected chi connectivity index (χ2v) is 7.73. The van der Waals surface area contributed by atoms with Gasteiger partial charge in [-0.1, -0.05) is 0 Å². The van der Waals surface area contributed by atoms with E-state index in [1.54, 1.807) is 12.4 Å². The molecule has 4 rings (SSSR count). The van der Waals surface area contributed by atoms with E-state index in [9.17, 15) is 5.11 Å². The van der Waals surface area contributed by atoms with Crippen LogP contribution < -0.4 is 10.2 Å². The van der Waals surface area contributed by atoms with Crippen molar-refractivity contribution in [2.24, 2.45) is 0 Å². The molecule has 0 spiro atoms. The number of nitrogens with one attached hydrogen (secondary N) is 1. The van der Waals surface area contributed by atoms with Crippen LogP contribution in [0.15, 0.2) is 48.9 Å². The number of β-amino-alcohol motifs (C(OH)–C–C–N with tert-alkyl or cyclic N) is 1. The van der Waals surface area contributed by atoms with Crippen molar-refractivity contribution < 1.29 is 5.11 Å². The summed E-state index contributed by atoms with van der Waals surface area (Å²) in [6.07, 6.45) is 5.75. The van der Waals surface area contributed by atoms with Gasteiger partial charge in [-0.2, -0.15) is 0 Å². The number of nitrogens with zero attached hydrogens (tertiary/aromatic N) is 6. The number of likely N-dealkylation sites (N-methyl/N-ethyl adjacent to an activating group) is 1. The highest BCUT2D eigenvalue weighted by molar-refractivity contribution is 5.68. The minimum absolute atomic E-state index is 0.320. The maximum absolute atomic E-state index is 9.95. The van der Waals surface area contributed by atoms with Crippen molar-refractivity contribution in [3.63, 3.8) is 0 Å². The summed E-state index contributed by atoms with van der Waals surface area (Å²) in [4.78, 5) is 22.5. The molecule has 0 amide bonds. The Balaban J connectivity index is 1.63. The van der Waals surface area contributed by atoms with E-state index in [0.29, 0.717) is 12.4 Å². The minimum Gasteiger partial charge on any atom is -0.391 e. The summed E-state index contributed by atoms with van der Waals surface area (Å²) in [5.41, 5.74) is 2.57. The Morgan fingerprint density at radius 1 is 1.17 bits per heavy atom. The summed E-state index contributed by atoms with van der Waals surface area (Å²) in [5, 5.41) is 13.3. The number of pyridine rings is 2. The highest BCUT2D eigenvalue weighted by atomic mass is 16.3. The molecular formula is C22H27N7O. The van der Waals surface area contributed by atoms with Crippen molar-refractivity contribution in [1.82, 2.24) is 24.8 Å². The molecule has 0 bridgehead atoms. The van der Waals surface area contributed by atoms with E-state index in [0.717, 1.165) is 54.5 Å². The highest BCUT2D eigenvalue weighted by Crippen LogP contribution is 2.27. The fraction of sp³-hybridized carbons (Fsp3) is 0.364.